The average Bonchev–Trinajstić information content (AvgIpc) is 3.08. The van der Waals surface area contributed by atoms with Gasteiger partial charge in [-0.3, -0.25) is 4.79 Å². The number of carbonyl (C=O) groups excluding carboxylic acids is 1. The Morgan fingerprint density at radius 3 is 2.94 bits per heavy atom. The summed E-state index contributed by atoms with van der Waals surface area (Å²) >= 11 is 1.53. The van der Waals surface area contributed by atoms with Gasteiger partial charge in [0.05, 0.1) is 16.1 Å². The maximum Gasteiger partial charge on any atom is 0.226 e. The van der Waals surface area contributed by atoms with Gasteiger partial charge in [0.2, 0.25) is 5.91 Å². The highest BCUT2D eigenvalue weighted by atomic mass is 32.2. The van der Waals surface area contributed by atoms with E-state index in [1.165, 1.54) is 11.3 Å². The van der Waals surface area contributed by atoms with Crippen molar-refractivity contribution in [2.45, 2.75) is 25.2 Å². The third kappa shape index (κ3) is 3.39. The normalized spacial score (nSPS) is 15.3. The lowest BCUT2D eigenvalue weighted by molar-refractivity contribution is -0.115. The van der Waals surface area contributed by atoms with Gasteiger partial charge in [0, 0.05) is 11.8 Å². The lowest BCUT2D eigenvalue weighted by atomic mass is 10.3. The molecule has 1 N–H and O–H groups in total. The number of hydrogen-bond donors (Lipinski definition) is 1. The van der Waals surface area contributed by atoms with Crippen LogP contribution >= 0.6 is 11.3 Å². The first-order chi connectivity index (χ1) is 8.52. The molecule has 1 fully saturated rings. The molecule has 2 rings (SSSR count). The Labute approximate surface area is 110 Å². The highest BCUT2D eigenvalue weighted by Crippen LogP contribution is 2.45. The summed E-state index contributed by atoms with van der Waals surface area (Å²) in [6.07, 6.45) is 2.20. The maximum atomic E-state index is 11.6. The first-order valence-electron chi connectivity index (χ1n) is 5.60. The van der Waals surface area contributed by atoms with Gasteiger partial charge in [-0.15, -0.1) is 11.3 Å². The van der Waals surface area contributed by atoms with Gasteiger partial charge in [0.1, 0.15) is 5.82 Å². The quantitative estimate of drug-likeness (QED) is 0.866. The van der Waals surface area contributed by atoms with Crippen LogP contribution in [0.2, 0.25) is 0 Å². The summed E-state index contributed by atoms with van der Waals surface area (Å²) in [6, 6.07) is 0. The largest absolute Gasteiger partial charge is 0.310 e. The van der Waals surface area contributed by atoms with Crippen molar-refractivity contribution in [3.8, 4) is 0 Å². The van der Waals surface area contributed by atoms with E-state index in [0.717, 1.165) is 23.1 Å². The molecule has 5 nitrogen and oxygen atoms in total. The summed E-state index contributed by atoms with van der Waals surface area (Å²) in [5, 5.41) is 3.54. The number of carbonyl (C=O) groups is 1. The minimum Gasteiger partial charge on any atom is -0.310 e. The number of amides is 1. The number of thiazole rings is 1. The van der Waals surface area contributed by atoms with Crippen molar-refractivity contribution < 1.29 is 13.2 Å². The van der Waals surface area contributed by atoms with Crippen LogP contribution in [0.1, 0.15) is 30.1 Å². The summed E-state index contributed by atoms with van der Waals surface area (Å²) in [4.78, 5) is 16.8. The highest BCUT2D eigenvalue weighted by molar-refractivity contribution is 7.94. The number of rotatable bonds is 6. The van der Waals surface area contributed by atoms with Gasteiger partial charge in [-0.1, -0.05) is 6.58 Å². The predicted octanol–water partition coefficient (Wildman–Crippen LogP) is 1.91. The van der Waals surface area contributed by atoms with E-state index >= 15 is 0 Å². The van der Waals surface area contributed by atoms with Crippen LogP contribution in [0.5, 0.6) is 0 Å². The van der Waals surface area contributed by atoms with Crippen LogP contribution in [-0.4, -0.2) is 25.1 Å². The molecule has 1 aliphatic carbocycles. The summed E-state index contributed by atoms with van der Waals surface area (Å²) in [6.45, 7) is 3.20. The topological polar surface area (TPSA) is 76.1 Å². The number of sulfone groups is 1. The van der Waals surface area contributed by atoms with Crippen molar-refractivity contribution in [2.75, 3.05) is 11.1 Å². The van der Waals surface area contributed by atoms with Crippen LogP contribution in [0.4, 0.5) is 5.82 Å². The van der Waals surface area contributed by atoms with E-state index in [9.17, 15) is 13.2 Å². The second-order valence-corrected chi connectivity index (χ2v) is 7.12. The third-order valence-corrected chi connectivity index (χ3v) is 4.94. The number of anilines is 1. The molecule has 0 unspecified atom stereocenters. The average molecular weight is 286 g/mol. The monoisotopic (exact) mass is 286 g/mol. The van der Waals surface area contributed by atoms with Crippen molar-refractivity contribution >= 4 is 32.9 Å². The minimum atomic E-state index is -3.32. The Kier molecular flexibility index (Phi) is 3.82. The standard InChI is InChI=1S/C11H14N2O3S2/c1-2-18(15,16)6-5-9(14)13-11-10(8-3-4-8)17-7-12-11/h2,7-8H,1,3-6H2,(H,13,14). The molecular formula is C11H14N2O3S2. The maximum absolute atomic E-state index is 11.6. The SMILES string of the molecule is C=CS(=O)(=O)CCC(=O)Nc1ncsc1C1CC1. The first kappa shape index (κ1) is 13.2. The number of nitrogens with one attached hydrogen (secondary N) is 1. The molecule has 0 aliphatic heterocycles. The third-order valence-electron chi connectivity index (χ3n) is 2.67. The zero-order chi connectivity index (χ0) is 13.2. The van der Waals surface area contributed by atoms with Crippen molar-refractivity contribution in [1.29, 1.82) is 0 Å². The summed E-state index contributed by atoms with van der Waals surface area (Å²) in [7, 11) is -3.32. The smallest absolute Gasteiger partial charge is 0.226 e. The molecule has 0 atom stereocenters. The molecular weight excluding hydrogens is 272 g/mol. The number of nitrogens with zero attached hydrogens (tertiary/aromatic N) is 1. The summed E-state index contributed by atoms with van der Waals surface area (Å²) in [5.41, 5.74) is 1.70. The molecule has 98 valence electrons. The number of aromatic nitrogens is 1. The van der Waals surface area contributed by atoms with Crippen molar-refractivity contribution in [3.05, 3.63) is 22.4 Å². The van der Waals surface area contributed by atoms with E-state index in [2.05, 4.69) is 16.9 Å². The van der Waals surface area contributed by atoms with E-state index in [1.54, 1.807) is 5.51 Å². The second kappa shape index (κ2) is 5.19. The van der Waals surface area contributed by atoms with Crippen molar-refractivity contribution in [2.24, 2.45) is 0 Å². The lowest BCUT2D eigenvalue weighted by Crippen LogP contribution is -2.17. The second-order valence-electron chi connectivity index (χ2n) is 4.17. The van der Waals surface area contributed by atoms with E-state index in [-0.39, 0.29) is 18.1 Å². The Morgan fingerprint density at radius 1 is 1.61 bits per heavy atom. The summed E-state index contributed by atoms with van der Waals surface area (Å²) in [5.74, 6) is 0.562. The van der Waals surface area contributed by atoms with Gasteiger partial charge in [-0.2, -0.15) is 0 Å². The molecule has 0 radical (unpaired) electrons. The van der Waals surface area contributed by atoms with Crippen LogP contribution < -0.4 is 5.32 Å². The molecule has 1 aromatic rings. The molecule has 7 heteroatoms. The molecule has 1 saturated carbocycles. The first-order valence-corrected chi connectivity index (χ1v) is 8.20. The lowest BCUT2D eigenvalue weighted by Gasteiger charge is -2.04. The Morgan fingerprint density at radius 2 is 2.33 bits per heavy atom. The van der Waals surface area contributed by atoms with Gasteiger partial charge in [0.15, 0.2) is 9.84 Å². The fourth-order valence-electron chi connectivity index (χ4n) is 1.50. The van der Waals surface area contributed by atoms with Crippen LogP contribution in [0, 0.1) is 0 Å². The molecule has 18 heavy (non-hydrogen) atoms. The van der Waals surface area contributed by atoms with E-state index < -0.39 is 9.84 Å². The molecule has 1 aliphatic rings. The molecule has 0 aromatic carbocycles. The van der Waals surface area contributed by atoms with Gasteiger partial charge >= 0.3 is 0 Å². The Bertz CT molecular complexity index is 559. The van der Waals surface area contributed by atoms with Crippen LogP contribution in [0.3, 0.4) is 0 Å². The van der Waals surface area contributed by atoms with Crippen LogP contribution in [0.15, 0.2) is 17.5 Å². The van der Waals surface area contributed by atoms with Gasteiger partial charge in [-0.05, 0) is 18.8 Å². The predicted molar refractivity (Wildman–Crippen MR) is 71.3 cm³/mol. The molecule has 0 saturated heterocycles. The van der Waals surface area contributed by atoms with E-state index in [0.29, 0.717) is 11.7 Å². The fourth-order valence-corrected chi connectivity index (χ4v) is 3.05. The van der Waals surface area contributed by atoms with Gasteiger partial charge in [0.25, 0.3) is 0 Å². The van der Waals surface area contributed by atoms with Crippen molar-refractivity contribution in [1.82, 2.24) is 4.98 Å². The molecule has 1 amide bonds. The van der Waals surface area contributed by atoms with Crippen LogP contribution in [-0.2, 0) is 14.6 Å². The summed E-state index contributed by atoms with van der Waals surface area (Å²) < 4.78 is 22.4. The van der Waals surface area contributed by atoms with E-state index in [4.69, 9.17) is 0 Å². The number of hydrogen-bond acceptors (Lipinski definition) is 5. The molecule has 1 heterocycles. The Balaban J connectivity index is 1.91. The zero-order valence-corrected chi connectivity index (χ0v) is 11.4. The molecule has 0 spiro atoms. The zero-order valence-electron chi connectivity index (χ0n) is 9.76. The van der Waals surface area contributed by atoms with Gasteiger partial charge in [-0.25, -0.2) is 13.4 Å². The molecule has 0 bridgehead atoms. The highest BCUT2D eigenvalue weighted by Gasteiger charge is 2.28. The van der Waals surface area contributed by atoms with Gasteiger partial charge < -0.3 is 5.32 Å². The Hall–Kier alpha value is -1.21. The van der Waals surface area contributed by atoms with E-state index in [1.807, 2.05) is 0 Å². The van der Waals surface area contributed by atoms with Crippen molar-refractivity contribution in [3.63, 3.8) is 0 Å². The van der Waals surface area contributed by atoms with Crippen LogP contribution in [0.25, 0.3) is 0 Å². The fraction of sp³-hybridized carbons (Fsp3) is 0.455. The molecule has 1 aromatic heterocycles. The minimum absolute atomic E-state index is 0.0734.